The van der Waals surface area contributed by atoms with Crippen LogP contribution in [0.15, 0.2) is 48.5 Å². The molecule has 0 bridgehead atoms. The summed E-state index contributed by atoms with van der Waals surface area (Å²) in [5, 5.41) is 29.1. The van der Waals surface area contributed by atoms with Crippen LogP contribution in [0.1, 0.15) is 49.3 Å². The molecule has 0 saturated heterocycles. The summed E-state index contributed by atoms with van der Waals surface area (Å²) in [5.74, 6) is -3.03. The van der Waals surface area contributed by atoms with E-state index in [4.69, 9.17) is 9.90 Å². The zero-order valence-electron chi connectivity index (χ0n) is 19.1. The number of halogens is 4. The van der Waals surface area contributed by atoms with Gasteiger partial charge in [-0.25, -0.2) is 13.9 Å². The van der Waals surface area contributed by atoms with E-state index in [1.807, 2.05) is 38.1 Å². The molecular formula is C23H26F4N4O3. The quantitative estimate of drug-likeness (QED) is 0.450. The third-order valence-corrected chi connectivity index (χ3v) is 4.93. The molecule has 1 heterocycles. The van der Waals surface area contributed by atoms with E-state index >= 15 is 0 Å². The van der Waals surface area contributed by atoms with Crippen molar-refractivity contribution >= 4 is 5.97 Å². The van der Waals surface area contributed by atoms with Crippen molar-refractivity contribution < 1.29 is 32.6 Å². The van der Waals surface area contributed by atoms with Gasteiger partial charge in [0.05, 0.1) is 23.0 Å². The number of benzene rings is 2. The fraction of sp³-hybridized carbons (Fsp3) is 0.348. The average molecular weight is 482 g/mol. The van der Waals surface area contributed by atoms with Crippen molar-refractivity contribution in [2.24, 2.45) is 0 Å². The minimum atomic E-state index is -5.08. The molecule has 2 aromatic carbocycles. The van der Waals surface area contributed by atoms with E-state index in [2.05, 4.69) is 15.6 Å². The first-order valence-electron chi connectivity index (χ1n) is 10.2. The highest BCUT2D eigenvalue weighted by Crippen LogP contribution is 2.21. The molecule has 1 atom stereocenters. The van der Waals surface area contributed by atoms with Crippen molar-refractivity contribution in [2.75, 3.05) is 0 Å². The van der Waals surface area contributed by atoms with Crippen molar-refractivity contribution in [2.45, 2.75) is 52.1 Å². The van der Waals surface area contributed by atoms with Crippen LogP contribution in [0.3, 0.4) is 0 Å². The minimum absolute atomic E-state index is 0.00755. The number of carboxylic acids is 1. The maximum atomic E-state index is 13.1. The number of nitrogens with zero attached hydrogens (tertiary/aromatic N) is 3. The number of aliphatic hydroxyl groups is 1. The van der Waals surface area contributed by atoms with Crippen molar-refractivity contribution in [3.63, 3.8) is 0 Å². The Bertz CT molecular complexity index is 1090. The number of aliphatic carboxylic acids is 1. The van der Waals surface area contributed by atoms with Crippen LogP contribution in [0, 0.1) is 12.7 Å². The lowest BCUT2D eigenvalue weighted by molar-refractivity contribution is -0.192. The molecule has 34 heavy (non-hydrogen) atoms. The van der Waals surface area contributed by atoms with Gasteiger partial charge in [0.2, 0.25) is 0 Å². The third kappa shape index (κ3) is 7.35. The number of carbonyl (C=O) groups is 1. The standard InChI is InChI=1S/C21H25FN4O.C2HF3O2/c1-14(23-13-16-5-7-17(8-6-16)21(3,4)27)20-15(2)26(25-24-20)19-11-9-18(22)10-12-19;3-2(4,5)1(6)7/h5-12,14,23,27H,13H2,1-4H3;(H,6,7). The summed E-state index contributed by atoms with van der Waals surface area (Å²) in [6.45, 7) is 8.22. The average Bonchev–Trinajstić information content (AvgIpc) is 3.13. The molecule has 0 radical (unpaired) electrons. The van der Waals surface area contributed by atoms with Crippen LogP contribution in [0.25, 0.3) is 5.69 Å². The lowest BCUT2D eigenvalue weighted by atomic mass is 9.97. The number of nitrogens with one attached hydrogen (secondary N) is 1. The predicted molar refractivity (Wildman–Crippen MR) is 117 cm³/mol. The predicted octanol–water partition coefficient (Wildman–Crippen LogP) is 4.43. The number of carboxylic acid groups (broad SMARTS) is 1. The largest absolute Gasteiger partial charge is 0.490 e. The maximum absolute atomic E-state index is 13.1. The zero-order valence-corrected chi connectivity index (χ0v) is 19.1. The summed E-state index contributed by atoms with van der Waals surface area (Å²) < 4.78 is 46.6. The van der Waals surface area contributed by atoms with Gasteiger partial charge in [-0.15, -0.1) is 5.10 Å². The Kier molecular flexibility index (Phi) is 8.51. The molecule has 11 heteroatoms. The van der Waals surface area contributed by atoms with Crippen molar-refractivity contribution in [3.8, 4) is 5.69 Å². The molecule has 1 unspecified atom stereocenters. The van der Waals surface area contributed by atoms with Gasteiger partial charge in [0, 0.05) is 6.54 Å². The number of hydrogen-bond donors (Lipinski definition) is 3. The minimum Gasteiger partial charge on any atom is -0.475 e. The molecule has 184 valence electrons. The molecule has 7 nitrogen and oxygen atoms in total. The fourth-order valence-corrected chi connectivity index (χ4v) is 2.97. The molecule has 0 aliphatic heterocycles. The van der Waals surface area contributed by atoms with E-state index in [0.29, 0.717) is 6.54 Å². The van der Waals surface area contributed by atoms with Gasteiger partial charge in [0.25, 0.3) is 0 Å². The smallest absolute Gasteiger partial charge is 0.475 e. The van der Waals surface area contributed by atoms with Gasteiger partial charge < -0.3 is 15.5 Å². The zero-order chi connectivity index (χ0) is 25.7. The summed E-state index contributed by atoms with van der Waals surface area (Å²) in [5.41, 5.74) is 3.72. The lowest BCUT2D eigenvalue weighted by Crippen LogP contribution is -2.21. The fourth-order valence-electron chi connectivity index (χ4n) is 2.97. The summed E-state index contributed by atoms with van der Waals surface area (Å²) in [7, 11) is 0. The Hall–Kier alpha value is -3.31. The van der Waals surface area contributed by atoms with Crippen LogP contribution >= 0.6 is 0 Å². The van der Waals surface area contributed by atoms with Crippen LogP contribution in [0.4, 0.5) is 17.6 Å². The summed E-state index contributed by atoms with van der Waals surface area (Å²) >= 11 is 0. The van der Waals surface area contributed by atoms with Crippen LogP contribution in [-0.4, -0.2) is 37.4 Å². The molecule has 3 aromatic rings. The molecule has 3 N–H and O–H groups in total. The molecule has 0 aliphatic rings. The van der Waals surface area contributed by atoms with Gasteiger partial charge in [-0.1, -0.05) is 29.5 Å². The third-order valence-electron chi connectivity index (χ3n) is 4.93. The molecule has 1 aromatic heterocycles. The number of rotatable bonds is 6. The van der Waals surface area contributed by atoms with Gasteiger partial charge in [0.15, 0.2) is 0 Å². The number of hydrogen-bond acceptors (Lipinski definition) is 5. The molecule has 0 aliphatic carbocycles. The van der Waals surface area contributed by atoms with Gasteiger partial charge in [-0.2, -0.15) is 13.2 Å². The van der Waals surface area contributed by atoms with Crippen LogP contribution in [0.5, 0.6) is 0 Å². The second-order valence-corrected chi connectivity index (χ2v) is 8.11. The van der Waals surface area contributed by atoms with Crippen molar-refractivity contribution in [1.82, 2.24) is 20.3 Å². The first kappa shape index (κ1) is 26.9. The van der Waals surface area contributed by atoms with Crippen LogP contribution in [0.2, 0.25) is 0 Å². The highest BCUT2D eigenvalue weighted by atomic mass is 19.4. The molecular weight excluding hydrogens is 456 g/mol. The van der Waals surface area contributed by atoms with Crippen LogP contribution < -0.4 is 5.32 Å². The summed E-state index contributed by atoms with van der Waals surface area (Å²) in [6.07, 6.45) is -5.08. The van der Waals surface area contributed by atoms with E-state index in [9.17, 15) is 22.7 Å². The Morgan fingerprint density at radius 2 is 1.62 bits per heavy atom. The topological polar surface area (TPSA) is 100 Å². The van der Waals surface area contributed by atoms with E-state index in [1.54, 1.807) is 30.7 Å². The van der Waals surface area contributed by atoms with Gasteiger partial charge >= 0.3 is 12.1 Å². The molecule has 0 spiro atoms. The molecule has 0 fully saturated rings. The molecule has 0 amide bonds. The first-order valence-corrected chi connectivity index (χ1v) is 10.2. The van der Waals surface area contributed by atoms with E-state index in [0.717, 1.165) is 28.2 Å². The molecule has 0 saturated carbocycles. The maximum Gasteiger partial charge on any atom is 0.490 e. The Labute approximate surface area is 194 Å². The highest BCUT2D eigenvalue weighted by molar-refractivity contribution is 5.73. The Morgan fingerprint density at radius 1 is 1.09 bits per heavy atom. The lowest BCUT2D eigenvalue weighted by Gasteiger charge is -2.18. The van der Waals surface area contributed by atoms with Crippen LogP contribution in [-0.2, 0) is 16.9 Å². The van der Waals surface area contributed by atoms with Gasteiger partial charge in [-0.3, -0.25) is 0 Å². The normalized spacial score (nSPS) is 12.6. The molecule has 3 rings (SSSR count). The monoisotopic (exact) mass is 482 g/mol. The van der Waals surface area contributed by atoms with Crippen molar-refractivity contribution in [3.05, 3.63) is 76.9 Å². The van der Waals surface area contributed by atoms with E-state index in [1.165, 1.54) is 12.1 Å². The van der Waals surface area contributed by atoms with E-state index < -0.39 is 17.7 Å². The summed E-state index contributed by atoms with van der Waals surface area (Å²) in [6, 6.07) is 14.1. The van der Waals surface area contributed by atoms with Gasteiger partial charge in [0.1, 0.15) is 11.5 Å². The van der Waals surface area contributed by atoms with Gasteiger partial charge in [-0.05, 0) is 63.1 Å². The Balaban J connectivity index is 0.000000509. The Morgan fingerprint density at radius 3 is 2.09 bits per heavy atom. The SMILES string of the molecule is Cc1c(C(C)NCc2ccc(C(C)(C)O)cc2)nnn1-c1ccc(F)cc1.O=C(O)C(F)(F)F. The second-order valence-electron chi connectivity index (χ2n) is 8.11. The highest BCUT2D eigenvalue weighted by Gasteiger charge is 2.38. The number of aromatic nitrogens is 3. The van der Waals surface area contributed by atoms with Crippen molar-refractivity contribution in [1.29, 1.82) is 0 Å². The number of alkyl halides is 3. The van der Waals surface area contributed by atoms with E-state index in [-0.39, 0.29) is 11.9 Å². The summed E-state index contributed by atoms with van der Waals surface area (Å²) in [4.78, 5) is 8.90. The first-order chi connectivity index (χ1) is 15.7. The second kappa shape index (κ2) is 10.7.